The van der Waals surface area contributed by atoms with Gasteiger partial charge in [0.05, 0.1) is 13.5 Å². The Morgan fingerprint density at radius 1 is 0.919 bits per heavy atom. The third-order valence-electron chi connectivity index (χ3n) is 5.17. The van der Waals surface area contributed by atoms with E-state index in [1.165, 1.54) is 0 Å². The van der Waals surface area contributed by atoms with E-state index in [4.69, 9.17) is 15.9 Å². The summed E-state index contributed by atoms with van der Waals surface area (Å²) in [5.41, 5.74) is 7.04. The fraction of sp³-hybridized carbons (Fsp3) is 0.280. The molecular weight excluding hydrogens is 482 g/mol. The fourth-order valence-electron chi connectivity index (χ4n) is 3.29. The Morgan fingerprint density at radius 2 is 1.54 bits per heavy atom. The first-order chi connectivity index (χ1) is 17.6. The van der Waals surface area contributed by atoms with Gasteiger partial charge in [0.2, 0.25) is 17.7 Å². The summed E-state index contributed by atoms with van der Waals surface area (Å²) in [5.74, 6) is -4.28. The summed E-state index contributed by atoms with van der Waals surface area (Å²) < 4.78 is 4.74. The Kier molecular flexibility index (Phi) is 10.8. The molecule has 0 saturated heterocycles. The highest BCUT2D eigenvalue weighted by Gasteiger charge is 2.29. The number of anilines is 1. The van der Waals surface area contributed by atoms with Crippen molar-refractivity contribution in [3.63, 3.8) is 0 Å². The van der Waals surface area contributed by atoms with Crippen LogP contribution in [-0.4, -0.2) is 59.8 Å². The van der Waals surface area contributed by atoms with E-state index < -0.39 is 48.2 Å². The zero-order chi connectivity index (χ0) is 27.4. The van der Waals surface area contributed by atoms with Crippen molar-refractivity contribution in [2.24, 2.45) is 5.73 Å². The molecule has 37 heavy (non-hydrogen) atoms. The Morgan fingerprint density at radius 3 is 2.11 bits per heavy atom. The van der Waals surface area contributed by atoms with Crippen LogP contribution in [-0.2, 0) is 35.1 Å². The van der Waals surface area contributed by atoms with Crippen molar-refractivity contribution in [2.45, 2.75) is 37.8 Å². The van der Waals surface area contributed by atoms with Crippen LogP contribution in [0.4, 0.5) is 5.69 Å². The molecule has 0 heterocycles. The van der Waals surface area contributed by atoms with Gasteiger partial charge in [-0.15, -0.1) is 0 Å². The number of nitrogens with two attached hydrogens (primary N) is 1. The molecule has 0 aliphatic rings. The zero-order valence-electron chi connectivity index (χ0n) is 20.2. The van der Waals surface area contributed by atoms with E-state index in [2.05, 4.69) is 16.0 Å². The molecular formula is C25H29N5O7. The Bertz CT molecular complexity index is 1140. The summed E-state index contributed by atoms with van der Waals surface area (Å²) in [6.45, 7) is 0. The van der Waals surface area contributed by atoms with Crippen LogP contribution in [0, 0.1) is 5.41 Å². The summed E-state index contributed by atoms with van der Waals surface area (Å²) in [6.07, 6.45) is -1.18. The zero-order valence-corrected chi connectivity index (χ0v) is 20.2. The fourth-order valence-corrected chi connectivity index (χ4v) is 3.29. The minimum atomic E-state index is -1.48. The maximum Gasteiger partial charge on any atom is 0.328 e. The van der Waals surface area contributed by atoms with Gasteiger partial charge in [-0.2, -0.15) is 0 Å². The van der Waals surface area contributed by atoms with Crippen molar-refractivity contribution in [1.82, 2.24) is 10.6 Å². The number of methoxy groups -OCH3 is 1. The van der Waals surface area contributed by atoms with Crippen molar-refractivity contribution < 1.29 is 33.8 Å². The number of rotatable bonds is 13. The summed E-state index contributed by atoms with van der Waals surface area (Å²) >= 11 is 0. The number of benzene rings is 2. The number of amides is 3. The highest BCUT2D eigenvalue weighted by molar-refractivity contribution is 5.97. The van der Waals surface area contributed by atoms with E-state index >= 15 is 0 Å². The predicted octanol–water partition coefficient (Wildman–Crippen LogP) is 0.549. The molecule has 2 aromatic carbocycles. The van der Waals surface area contributed by atoms with Gasteiger partial charge in [-0.3, -0.25) is 24.6 Å². The topological polar surface area (TPSA) is 201 Å². The number of carbonyl (C=O) groups excluding carboxylic acids is 4. The molecule has 2 aromatic rings. The average molecular weight is 512 g/mol. The molecule has 0 unspecified atom stereocenters. The van der Waals surface area contributed by atoms with Crippen molar-refractivity contribution in [3.05, 3.63) is 65.7 Å². The van der Waals surface area contributed by atoms with Gasteiger partial charge in [-0.1, -0.05) is 30.3 Å². The van der Waals surface area contributed by atoms with E-state index in [9.17, 15) is 29.1 Å². The van der Waals surface area contributed by atoms with Gasteiger partial charge in [-0.25, -0.2) is 4.79 Å². The van der Waals surface area contributed by atoms with Gasteiger partial charge in [0.15, 0.2) is 0 Å². The van der Waals surface area contributed by atoms with Crippen molar-refractivity contribution in [2.75, 3.05) is 12.4 Å². The molecule has 2 rings (SSSR count). The van der Waals surface area contributed by atoms with Gasteiger partial charge in [0.1, 0.15) is 17.9 Å². The number of carbonyl (C=O) groups is 5. The van der Waals surface area contributed by atoms with Crippen LogP contribution < -0.4 is 21.7 Å². The molecule has 196 valence electrons. The Balaban J connectivity index is 1.96. The average Bonchev–Trinajstić information content (AvgIpc) is 2.86. The number of hydrogen-bond acceptors (Lipinski definition) is 7. The molecule has 0 aromatic heterocycles. The number of hydrogen-bond donors (Lipinski definition) is 6. The third kappa shape index (κ3) is 9.80. The molecule has 0 radical (unpaired) electrons. The lowest BCUT2D eigenvalue weighted by atomic mass is 10.0. The normalized spacial score (nSPS) is 11.9. The van der Waals surface area contributed by atoms with Crippen molar-refractivity contribution >= 4 is 41.2 Å². The lowest BCUT2D eigenvalue weighted by Gasteiger charge is -2.21. The number of carboxylic acid groups (broad SMARTS) is 1. The number of amidine groups is 1. The first-order valence-corrected chi connectivity index (χ1v) is 11.3. The van der Waals surface area contributed by atoms with Gasteiger partial charge >= 0.3 is 11.9 Å². The minimum Gasteiger partial charge on any atom is -0.481 e. The van der Waals surface area contributed by atoms with E-state index in [0.717, 1.165) is 12.7 Å². The number of esters is 1. The van der Waals surface area contributed by atoms with E-state index in [1.807, 2.05) is 0 Å². The van der Waals surface area contributed by atoms with Crippen LogP contribution in [0.2, 0.25) is 0 Å². The minimum absolute atomic E-state index is 0.0978. The highest BCUT2D eigenvalue weighted by atomic mass is 16.5. The van der Waals surface area contributed by atoms with Gasteiger partial charge in [-0.05, 0) is 29.8 Å². The van der Waals surface area contributed by atoms with Crippen LogP contribution in [0.15, 0.2) is 54.6 Å². The van der Waals surface area contributed by atoms with Crippen molar-refractivity contribution in [3.8, 4) is 0 Å². The molecule has 0 saturated carbocycles. The van der Waals surface area contributed by atoms with Crippen LogP contribution in [0.25, 0.3) is 0 Å². The molecule has 0 fully saturated rings. The Hall–Kier alpha value is -4.74. The van der Waals surface area contributed by atoms with E-state index in [-0.39, 0.29) is 25.1 Å². The van der Waals surface area contributed by atoms with Gasteiger partial charge in [0, 0.05) is 30.5 Å². The molecule has 0 bridgehead atoms. The molecule has 0 spiro atoms. The maximum absolute atomic E-state index is 12.8. The van der Waals surface area contributed by atoms with E-state index in [0.29, 0.717) is 11.3 Å². The maximum atomic E-state index is 12.8. The first kappa shape index (κ1) is 28.5. The van der Waals surface area contributed by atoms with Crippen LogP contribution in [0.3, 0.4) is 0 Å². The number of aliphatic carboxylic acids is 1. The summed E-state index contributed by atoms with van der Waals surface area (Å²) in [5, 5.41) is 23.9. The summed E-state index contributed by atoms with van der Waals surface area (Å²) in [7, 11) is 1.16. The molecule has 0 aliphatic carbocycles. The van der Waals surface area contributed by atoms with E-state index in [1.54, 1.807) is 54.6 Å². The lowest BCUT2D eigenvalue weighted by Crippen LogP contribution is -2.53. The second kappa shape index (κ2) is 14.0. The SMILES string of the molecule is COC(=O)[C@H](Cc1ccccc1)NC(=O)[C@H](CC(=O)O)NC(=O)CCC(=O)Nc1ccc(C(=N)N)cc1. The van der Waals surface area contributed by atoms with Gasteiger partial charge in [0.25, 0.3) is 0 Å². The quantitative estimate of drug-likeness (QED) is 0.127. The molecule has 0 aliphatic heterocycles. The molecule has 12 nitrogen and oxygen atoms in total. The summed E-state index contributed by atoms with van der Waals surface area (Å²) in [6, 6.07) is 12.4. The molecule has 2 atom stereocenters. The molecule has 7 N–H and O–H groups in total. The highest BCUT2D eigenvalue weighted by Crippen LogP contribution is 2.10. The first-order valence-electron chi connectivity index (χ1n) is 11.3. The number of nitrogen functional groups attached to an aromatic ring is 1. The van der Waals surface area contributed by atoms with Crippen LogP contribution in [0.5, 0.6) is 0 Å². The largest absolute Gasteiger partial charge is 0.481 e. The lowest BCUT2D eigenvalue weighted by molar-refractivity contribution is -0.145. The molecule has 3 amide bonds. The van der Waals surface area contributed by atoms with Gasteiger partial charge < -0.3 is 31.5 Å². The Labute approximate surface area is 213 Å². The standard InChI is InChI=1S/C25H29N5O7/c1-37-25(36)19(13-15-5-3-2-4-6-15)30-24(35)18(14-22(33)34)29-21(32)12-11-20(31)28-17-9-7-16(8-10-17)23(26)27/h2-10,18-19H,11-14H2,1H3,(H3,26,27)(H,28,31)(H,29,32)(H,30,35)(H,33,34)/t18-,19-/m0/s1. The third-order valence-corrected chi connectivity index (χ3v) is 5.17. The molecule has 12 heteroatoms. The van der Waals surface area contributed by atoms with Crippen LogP contribution in [0.1, 0.15) is 30.4 Å². The second-order valence-corrected chi connectivity index (χ2v) is 8.03. The number of carboxylic acids is 1. The predicted molar refractivity (Wildman–Crippen MR) is 134 cm³/mol. The number of nitrogens with one attached hydrogen (secondary N) is 4. The number of ether oxygens (including phenoxy) is 1. The smallest absolute Gasteiger partial charge is 0.328 e. The van der Waals surface area contributed by atoms with Crippen LogP contribution >= 0.6 is 0 Å². The summed E-state index contributed by atoms with van der Waals surface area (Å²) in [4.78, 5) is 60.8. The second-order valence-electron chi connectivity index (χ2n) is 8.03. The van der Waals surface area contributed by atoms with Crippen molar-refractivity contribution in [1.29, 1.82) is 5.41 Å². The monoisotopic (exact) mass is 511 g/mol.